The first-order valence-electron chi connectivity index (χ1n) is 8.68. The quantitative estimate of drug-likeness (QED) is 0.678. The summed E-state index contributed by atoms with van der Waals surface area (Å²) in [5.74, 6) is 2.02. The van der Waals surface area contributed by atoms with Crippen molar-refractivity contribution in [3.8, 4) is 0 Å². The summed E-state index contributed by atoms with van der Waals surface area (Å²) in [6.07, 6.45) is 11.6. The number of rotatable bonds is 6. The minimum atomic E-state index is 0.979. The van der Waals surface area contributed by atoms with Gasteiger partial charge in [-0.3, -0.25) is 0 Å². The summed E-state index contributed by atoms with van der Waals surface area (Å²) in [4.78, 5) is 5.24. The van der Waals surface area contributed by atoms with Crippen molar-refractivity contribution in [3.05, 3.63) is 0 Å². The molecule has 0 saturated carbocycles. The maximum atomic E-state index is 2.76. The second kappa shape index (κ2) is 8.26. The molecule has 2 rings (SSSR count). The highest BCUT2D eigenvalue weighted by Crippen LogP contribution is 2.25. The Morgan fingerprint density at radius 1 is 0.842 bits per heavy atom. The summed E-state index contributed by atoms with van der Waals surface area (Å²) < 4.78 is 0. The molecule has 2 saturated heterocycles. The van der Waals surface area contributed by atoms with E-state index in [9.17, 15) is 0 Å². The van der Waals surface area contributed by atoms with E-state index in [0.717, 1.165) is 11.8 Å². The van der Waals surface area contributed by atoms with Gasteiger partial charge in [-0.05, 0) is 70.7 Å². The molecule has 2 aliphatic heterocycles. The summed E-state index contributed by atoms with van der Waals surface area (Å²) in [6, 6.07) is 0. The maximum Gasteiger partial charge on any atom is 0.00106 e. The highest BCUT2D eigenvalue weighted by molar-refractivity contribution is 4.77. The van der Waals surface area contributed by atoms with E-state index in [2.05, 4.69) is 23.8 Å². The van der Waals surface area contributed by atoms with Gasteiger partial charge in [-0.1, -0.05) is 32.6 Å². The van der Waals surface area contributed by atoms with Crippen LogP contribution in [0.1, 0.15) is 58.3 Å². The third-order valence-electron chi connectivity index (χ3n) is 5.28. The molecule has 19 heavy (non-hydrogen) atoms. The van der Waals surface area contributed by atoms with Crippen LogP contribution < -0.4 is 0 Å². The molecule has 2 heterocycles. The van der Waals surface area contributed by atoms with Crippen LogP contribution in [0.2, 0.25) is 0 Å². The molecule has 0 atom stereocenters. The molecule has 0 aromatic heterocycles. The Morgan fingerprint density at radius 2 is 1.47 bits per heavy atom. The van der Waals surface area contributed by atoms with Gasteiger partial charge in [0.1, 0.15) is 0 Å². The van der Waals surface area contributed by atoms with E-state index in [1.54, 1.807) is 0 Å². The van der Waals surface area contributed by atoms with Crippen LogP contribution in [0.4, 0.5) is 0 Å². The SMILES string of the molecule is CCCCCC1CCN(CC2CCN(C)CC2)CC1. The van der Waals surface area contributed by atoms with Crippen LogP contribution in [0, 0.1) is 11.8 Å². The number of unbranched alkanes of at least 4 members (excludes halogenated alkanes) is 2. The third kappa shape index (κ3) is 5.43. The predicted molar refractivity (Wildman–Crippen MR) is 83.5 cm³/mol. The molecular weight excluding hydrogens is 232 g/mol. The summed E-state index contributed by atoms with van der Waals surface area (Å²) in [5.41, 5.74) is 0. The summed E-state index contributed by atoms with van der Waals surface area (Å²) in [5, 5.41) is 0. The zero-order valence-corrected chi connectivity index (χ0v) is 13.2. The molecule has 2 nitrogen and oxygen atoms in total. The van der Waals surface area contributed by atoms with Crippen LogP contribution in [0.5, 0.6) is 0 Å². The first-order chi connectivity index (χ1) is 9.28. The van der Waals surface area contributed by atoms with Crippen LogP contribution in [-0.2, 0) is 0 Å². The van der Waals surface area contributed by atoms with Crippen LogP contribution in [0.3, 0.4) is 0 Å². The number of piperidine rings is 2. The smallest absolute Gasteiger partial charge is 0.00106 e. The van der Waals surface area contributed by atoms with Crippen molar-refractivity contribution in [2.24, 2.45) is 11.8 Å². The fourth-order valence-corrected chi connectivity index (χ4v) is 3.75. The van der Waals surface area contributed by atoms with E-state index in [1.165, 1.54) is 84.1 Å². The van der Waals surface area contributed by atoms with Gasteiger partial charge in [0.05, 0.1) is 0 Å². The third-order valence-corrected chi connectivity index (χ3v) is 5.28. The largest absolute Gasteiger partial charge is 0.306 e. The summed E-state index contributed by atoms with van der Waals surface area (Å²) in [6.45, 7) is 9.09. The molecule has 0 aromatic rings. The van der Waals surface area contributed by atoms with Gasteiger partial charge in [0.15, 0.2) is 0 Å². The minimum Gasteiger partial charge on any atom is -0.306 e. The zero-order chi connectivity index (χ0) is 13.5. The van der Waals surface area contributed by atoms with Crippen LogP contribution in [0.25, 0.3) is 0 Å². The lowest BCUT2D eigenvalue weighted by Crippen LogP contribution is -2.40. The second-order valence-corrected chi connectivity index (χ2v) is 6.99. The average molecular weight is 266 g/mol. The van der Waals surface area contributed by atoms with Crippen molar-refractivity contribution < 1.29 is 0 Å². The van der Waals surface area contributed by atoms with Crippen molar-refractivity contribution in [1.82, 2.24) is 9.80 Å². The predicted octanol–water partition coefficient (Wildman–Crippen LogP) is 3.62. The normalized spacial score (nSPS) is 24.9. The van der Waals surface area contributed by atoms with Gasteiger partial charge in [0.25, 0.3) is 0 Å². The Bertz CT molecular complexity index is 225. The van der Waals surface area contributed by atoms with Gasteiger partial charge < -0.3 is 9.80 Å². The molecule has 0 amide bonds. The number of hydrogen-bond acceptors (Lipinski definition) is 2. The van der Waals surface area contributed by atoms with Crippen molar-refractivity contribution in [2.75, 3.05) is 39.8 Å². The first kappa shape index (κ1) is 15.3. The van der Waals surface area contributed by atoms with E-state index in [1.807, 2.05) is 0 Å². The first-order valence-corrected chi connectivity index (χ1v) is 8.68. The highest BCUT2D eigenvalue weighted by atomic mass is 15.1. The molecule has 2 fully saturated rings. The average Bonchev–Trinajstić information content (AvgIpc) is 2.44. The maximum absolute atomic E-state index is 2.76. The monoisotopic (exact) mass is 266 g/mol. The fraction of sp³-hybridized carbons (Fsp3) is 1.00. The van der Waals surface area contributed by atoms with Crippen molar-refractivity contribution >= 4 is 0 Å². The van der Waals surface area contributed by atoms with Crippen LogP contribution >= 0.6 is 0 Å². The molecule has 112 valence electrons. The topological polar surface area (TPSA) is 6.48 Å². The fourth-order valence-electron chi connectivity index (χ4n) is 3.75. The molecule has 0 unspecified atom stereocenters. The number of nitrogens with zero attached hydrogens (tertiary/aromatic N) is 2. The van der Waals surface area contributed by atoms with Gasteiger partial charge in [-0.25, -0.2) is 0 Å². The molecule has 0 spiro atoms. The standard InChI is InChI=1S/C17H34N2/c1-3-4-5-6-16-9-13-19(14-10-16)15-17-7-11-18(2)12-8-17/h16-17H,3-15H2,1-2H3. The van der Waals surface area contributed by atoms with Gasteiger partial charge in [0.2, 0.25) is 0 Å². The Labute approximate surface area is 120 Å². The molecule has 0 N–H and O–H groups in total. The number of likely N-dealkylation sites (tertiary alicyclic amines) is 2. The number of hydrogen-bond donors (Lipinski definition) is 0. The lowest BCUT2D eigenvalue weighted by molar-refractivity contribution is 0.124. The van der Waals surface area contributed by atoms with E-state index in [-0.39, 0.29) is 0 Å². The molecule has 2 heteroatoms. The summed E-state index contributed by atoms with van der Waals surface area (Å²) >= 11 is 0. The zero-order valence-electron chi connectivity index (χ0n) is 13.2. The molecule has 2 aliphatic rings. The van der Waals surface area contributed by atoms with Crippen LogP contribution in [0.15, 0.2) is 0 Å². The molecule has 0 bridgehead atoms. The highest BCUT2D eigenvalue weighted by Gasteiger charge is 2.23. The molecular formula is C17H34N2. The summed E-state index contributed by atoms with van der Waals surface area (Å²) in [7, 11) is 2.26. The Hall–Kier alpha value is -0.0800. The van der Waals surface area contributed by atoms with E-state index in [0.29, 0.717) is 0 Å². The van der Waals surface area contributed by atoms with Gasteiger partial charge in [-0.15, -0.1) is 0 Å². The minimum absolute atomic E-state index is 0.979. The van der Waals surface area contributed by atoms with E-state index in [4.69, 9.17) is 0 Å². The van der Waals surface area contributed by atoms with Crippen LogP contribution in [-0.4, -0.2) is 49.6 Å². The van der Waals surface area contributed by atoms with Gasteiger partial charge >= 0.3 is 0 Å². The van der Waals surface area contributed by atoms with Crippen molar-refractivity contribution in [3.63, 3.8) is 0 Å². The molecule has 0 aliphatic carbocycles. The Morgan fingerprint density at radius 3 is 2.11 bits per heavy atom. The van der Waals surface area contributed by atoms with E-state index >= 15 is 0 Å². The lowest BCUT2D eigenvalue weighted by atomic mass is 9.90. The second-order valence-electron chi connectivity index (χ2n) is 6.99. The van der Waals surface area contributed by atoms with Gasteiger partial charge in [0, 0.05) is 6.54 Å². The molecule has 0 aromatic carbocycles. The Balaban J connectivity index is 1.58. The van der Waals surface area contributed by atoms with Crippen molar-refractivity contribution in [1.29, 1.82) is 0 Å². The Kier molecular flexibility index (Phi) is 6.66. The van der Waals surface area contributed by atoms with E-state index < -0.39 is 0 Å². The lowest BCUT2D eigenvalue weighted by Gasteiger charge is -2.37. The van der Waals surface area contributed by atoms with Crippen molar-refractivity contribution in [2.45, 2.75) is 58.3 Å². The molecule has 0 radical (unpaired) electrons. The van der Waals surface area contributed by atoms with Gasteiger partial charge in [-0.2, -0.15) is 0 Å².